The van der Waals surface area contributed by atoms with Crippen molar-refractivity contribution in [2.75, 3.05) is 0 Å². The standard InChI is InChI=1S/C70H74N4O7S2/c75-69(71-61(37-17-29-53-21-5-1-6-22-53)38-18-30-54-23-7-2-8-24-54)67-49-57-33-13-15-35-59(57)51-73(67)82(77,78)65-45-41-63(42-46-65)81-64-43-47-66(48-44-64)83(79,80)74-52-60-36-16-14-34-58(60)50-68(74)70(76)72-62(39-19-31-55-25-9-3-10-26-55)40-20-32-56-27-11-4-12-28-56/h1-16,21-28,33-36,41-48,61-62,67-68H,17-20,29-32,37-40,49-52H2,(H,71,75)(H,72,76)/t67-,68-/m0/s1. The van der Waals surface area contributed by atoms with E-state index >= 15 is 0 Å². The molecule has 2 N–H and O–H groups in total. The molecule has 0 radical (unpaired) electrons. The minimum Gasteiger partial charge on any atom is -0.457 e. The summed E-state index contributed by atoms with van der Waals surface area (Å²) in [6.45, 7) is 0.0775. The third-order valence-corrected chi connectivity index (χ3v) is 20.0. The molecule has 2 aliphatic heterocycles. The largest absolute Gasteiger partial charge is 0.457 e. The number of benzene rings is 8. The van der Waals surface area contributed by atoms with Crippen molar-refractivity contribution in [3.8, 4) is 11.5 Å². The summed E-state index contributed by atoms with van der Waals surface area (Å²) < 4.78 is 68.0. The molecule has 11 nitrogen and oxygen atoms in total. The molecule has 13 heteroatoms. The third-order valence-electron chi connectivity index (χ3n) is 16.2. The zero-order valence-corrected chi connectivity index (χ0v) is 48.6. The maximum Gasteiger partial charge on any atom is 0.244 e. The second-order valence-electron chi connectivity index (χ2n) is 22.0. The van der Waals surface area contributed by atoms with Gasteiger partial charge in [-0.2, -0.15) is 8.61 Å². The Hall–Kier alpha value is -7.68. The van der Waals surface area contributed by atoms with Crippen molar-refractivity contribution < 1.29 is 31.2 Å². The van der Waals surface area contributed by atoms with Gasteiger partial charge in [-0.1, -0.05) is 170 Å². The topological polar surface area (TPSA) is 142 Å². The minimum atomic E-state index is -4.21. The van der Waals surface area contributed by atoms with E-state index in [0.717, 1.165) is 99.3 Å². The predicted molar refractivity (Wildman–Crippen MR) is 328 cm³/mol. The van der Waals surface area contributed by atoms with Crippen LogP contribution in [0.1, 0.15) is 95.9 Å². The zero-order valence-electron chi connectivity index (χ0n) is 47.0. The SMILES string of the molecule is O=C(NC(CCCc1ccccc1)CCCc1ccccc1)[C@@H]1Cc2ccccc2CN1S(=O)(=O)c1ccc(Oc2ccc(S(=O)(=O)N3Cc4ccccc4C[C@H]3C(=O)NC(CCCc3ccccc3)CCCc3ccccc3)cc2)cc1. The summed E-state index contributed by atoms with van der Waals surface area (Å²) >= 11 is 0. The molecule has 2 atom stereocenters. The summed E-state index contributed by atoms with van der Waals surface area (Å²) in [7, 11) is -8.42. The fourth-order valence-corrected chi connectivity index (χ4v) is 14.8. The molecule has 8 aromatic rings. The summed E-state index contributed by atoms with van der Waals surface area (Å²) in [5, 5.41) is 6.65. The van der Waals surface area contributed by atoms with Crippen molar-refractivity contribution in [2.45, 2.75) is 137 Å². The van der Waals surface area contributed by atoms with E-state index < -0.39 is 32.1 Å². The van der Waals surface area contributed by atoms with Gasteiger partial charge in [0.2, 0.25) is 31.9 Å². The van der Waals surface area contributed by atoms with Gasteiger partial charge in [-0.15, -0.1) is 0 Å². The van der Waals surface area contributed by atoms with Crippen molar-refractivity contribution in [1.29, 1.82) is 0 Å². The van der Waals surface area contributed by atoms with E-state index in [-0.39, 0.29) is 59.6 Å². The number of hydrogen-bond acceptors (Lipinski definition) is 7. The normalized spacial score (nSPS) is 15.5. The molecule has 2 heterocycles. The average molecular weight is 1150 g/mol. The molecule has 0 fully saturated rings. The molecular formula is C70H74N4O7S2. The van der Waals surface area contributed by atoms with E-state index in [0.29, 0.717) is 11.5 Å². The Morgan fingerprint density at radius 3 is 0.964 bits per heavy atom. The van der Waals surface area contributed by atoms with Gasteiger partial charge in [0.15, 0.2) is 0 Å². The van der Waals surface area contributed by atoms with Crippen LogP contribution in [0.3, 0.4) is 0 Å². The van der Waals surface area contributed by atoms with Crippen LogP contribution in [0.4, 0.5) is 0 Å². The Kier molecular flexibility index (Phi) is 19.8. The summed E-state index contributed by atoms with van der Waals surface area (Å²) in [6, 6.07) is 66.5. The number of rotatable bonds is 26. The second kappa shape index (κ2) is 28.1. The van der Waals surface area contributed by atoms with Gasteiger partial charge >= 0.3 is 0 Å². The Labute approximate surface area is 490 Å². The van der Waals surface area contributed by atoms with Crippen LogP contribution in [0.15, 0.2) is 228 Å². The lowest BCUT2D eigenvalue weighted by Crippen LogP contribution is -2.54. The molecule has 0 saturated heterocycles. The minimum absolute atomic E-state index is 0.0122. The molecule has 0 saturated carbocycles. The molecule has 10 rings (SSSR count). The number of sulfonamides is 2. The van der Waals surface area contributed by atoms with Crippen LogP contribution in [0.2, 0.25) is 0 Å². The molecule has 0 aliphatic carbocycles. The Bertz CT molecular complexity index is 3280. The van der Waals surface area contributed by atoms with E-state index in [1.165, 1.54) is 55.1 Å². The molecular weight excluding hydrogens is 1070 g/mol. The van der Waals surface area contributed by atoms with Gasteiger partial charge in [-0.25, -0.2) is 16.8 Å². The first-order valence-electron chi connectivity index (χ1n) is 29.3. The number of aryl methyl sites for hydroxylation is 4. The summed E-state index contributed by atoms with van der Waals surface area (Å²) in [6.07, 6.45) is 10.5. The fourth-order valence-electron chi connectivity index (χ4n) is 11.7. The molecule has 0 aromatic heterocycles. The van der Waals surface area contributed by atoms with Crippen LogP contribution >= 0.6 is 0 Å². The number of nitrogens with one attached hydrogen (secondary N) is 2. The van der Waals surface area contributed by atoms with Crippen LogP contribution in [0.5, 0.6) is 11.5 Å². The number of carbonyl (C=O) groups excluding carboxylic acids is 2. The Morgan fingerprint density at radius 1 is 0.386 bits per heavy atom. The lowest BCUT2D eigenvalue weighted by atomic mass is 9.94. The van der Waals surface area contributed by atoms with Gasteiger partial charge in [0.05, 0.1) is 9.79 Å². The number of ether oxygens (including phenoxy) is 1. The van der Waals surface area contributed by atoms with Crippen LogP contribution in [0.25, 0.3) is 0 Å². The van der Waals surface area contributed by atoms with E-state index in [4.69, 9.17) is 4.74 Å². The molecule has 83 heavy (non-hydrogen) atoms. The number of amides is 2. The fraction of sp³-hybridized carbons (Fsp3) is 0.286. The number of fused-ring (bicyclic) bond motifs is 2. The number of carbonyl (C=O) groups is 2. The first-order chi connectivity index (χ1) is 40.5. The molecule has 0 spiro atoms. The second-order valence-corrected chi connectivity index (χ2v) is 25.8. The van der Waals surface area contributed by atoms with Crippen molar-refractivity contribution >= 4 is 31.9 Å². The Balaban J connectivity index is 0.814. The molecule has 0 unspecified atom stereocenters. The smallest absolute Gasteiger partial charge is 0.244 e. The highest BCUT2D eigenvalue weighted by Crippen LogP contribution is 2.34. The lowest BCUT2D eigenvalue weighted by molar-refractivity contribution is -0.126. The average Bonchev–Trinajstić information content (AvgIpc) is 3.66. The third kappa shape index (κ3) is 15.5. The van der Waals surface area contributed by atoms with Gasteiger partial charge in [0.1, 0.15) is 23.6 Å². The number of nitrogens with zero attached hydrogens (tertiary/aromatic N) is 2. The first-order valence-corrected chi connectivity index (χ1v) is 32.2. The van der Waals surface area contributed by atoms with Gasteiger partial charge in [0.25, 0.3) is 0 Å². The highest BCUT2D eigenvalue weighted by atomic mass is 32.2. The van der Waals surface area contributed by atoms with Gasteiger partial charge in [0, 0.05) is 25.2 Å². The van der Waals surface area contributed by atoms with Gasteiger partial charge < -0.3 is 15.4 Å². The van der Waals surface area contributed by atoms with Crippen molar-refractivity contribution in [1.82, 2.24) is 19.2 Å². The number of hydrogen-bond donors (Lipinski definition) is 2. The summed E-state index contributed by atoms with van der Waals surface area (Å²) in [5.41, 5.74) is 8.52. The zero-order chi connectivity index (χ0) is 57.4. The molecule has 428 valence electrons. The maximum absolute atomic E-state index is 14.8. The molecule has 2 amide bonds. The molecule has 8 aromatic carbocycles. The quantitative estimate of drug-likeness (QED) is 0.0550. The molecule has 0 bridgehead atoms. The van der Waals surface area contributed by atoms with Crippen LogP contribution in [-0.4, -0.2) is 61.4 Å². The molecule has 2 aliphatic rings. The summed E-state index contributed by atoms with van der Waals surface area (Å²) in [4.78, 5) is 29.2. The van der Waals surface area contributed by atoms with E-state index in [1.54, 1.807) is 24.3 Å². The van der Waals surface area contributed by atoms with Crippen molar-refractivity contribution in [2.24, 2.45) is 0 Å². The Morgan fingerprint density at radius 2 is 0.663 bits per heavy atom. The van der Waals surface area contributed by atoms with Gasteiger partial charge in [-0.05, 0) is 183 Å². The highest BCUT2D eigenvalue weighted by molar-refractivity contribution is 7.89. The van der Waals surface area contributed by atoms with Crippen LogP contribution in [0, 0.1) is 0 Å². The predicted octanol–water partition coefficient (Wildman–Crippen LogP) is 12.8. The van der Waals surface area contributed by atoms with E-state index in [1.807, 2.05) is 121 Å². The maximum atomic E-state index is 14.8. The monoisotopic (exact) mass is 1150 g/mol. The van der Waals surface area contributed by atoms with Crippen molar-refractivity contribution in [3.05, 3.63) is 263 Å². The lowest BCUT2D eigenvalue weighted by Gasteiger charge is -2.36. The summed E-state index contributed by atoms with van der Waals surface area (Å²) in [5.74, 6) is 0.0350. The van der Waals surface area contributed by atoms with E-state index in [2.05, 4.69) is 59.2 Å². The highest BCUT2D eigenvalue weighted by Gasteiger charge is 2.42. The van der Waals surface area contributed by atoms with E-state index in [9.17, 15) is 26.4 Å². The van der Waals surface area contributed by atoms with Crippen LogP contribution < -0.4 is 15.4 Å². The van der Waals surface area contributed by atoms with Gasteiger partial charge in [-0.3, -0.25) is 9.59 Å². The first kappa shape index (κ1) is 58.5. The van der Waals surface area contributed by atoms with Crippen LogP contribution in [-0.2, 0) is 81.3 Å². The van der Waals surface area contributed by atoms with Crippen molar-refractivity contribution in [3.63, 3.8) is 0 Å².